The maximum Gasteiger partial charge on any atom is 0.241 e. The number of aromatic amines is 1. The third kappa shape index (κ3) is 2.35. The summed E-state index contributed by atoms with van der Waals surface area (Å²) < 4.78 is 36.7. The molecule has 0 fully saturated rings. The minimum absolute atomic E-state index is 0.0483. The average molecular weight is 283 g/mol. The summed E-state index contributed by atoms with van der Waals surface area (Å²) in [4.78, 5) is 0.0836. The Morgan fingerprint density at radius 3 is 2.95 bits per heavy atom. The highest BCUT2D eigenvalue weighted by Gasteiger charge is 2.20. The van der Waals surface area contributed by atoms with E-state index >= 15 is 0 Å². The predicted octanol–water partition coefficient (Wildman–Crippen LogP) is -0.593. The number of rotatable bonds is 4. The molecular formula is C9H9N5O4S. The van der Waals surface area contributed by atoms with Crippen LogP contribution in [-0.4, -0.2) is 35.8 Å². The van der Waals surface area contributed by atoms with Crippen molar-refractivity contribution in [2.75, 3.05) is 6.79 Å². The minimum atomic E-state index is -3.67. The fourth-order valence-corrected chi connectivity index (χ4v) is 2.54. The van der Waals surface area contributed by atoms with Crippen LogP contribution in [0.2, 0.25) is 0 Å². The largest absolute Gasteiger partial charge is 0.454 e. The molecule has 0 saturated carbocycles. The van der Waals surface area contributed by atoms with Crippen LogP contribution in [0.5, 0.6) is 11.5 Å². The fourth-order valence-electron chi connectivity index (χ4n) is 1.54. The van der Waals surface area contributed by atoms with E-state index in [0.29, 0.717) is 11.5 Å². The van der Waals surface area contributed by atoms with E-state index in [1.165, 1.54) is 12.1 Å². The summed E-state index contributed by atoms with van der Waals surface area (Å²) in [5.41, 5.74) is 0. The summed E-state index contributed by atoms with van der Waals surface area (Å²) in [5.74, 6) is 1.18. The Hall–Kier alpha value is -2.20. The number of hydrogen-bond donors (Lipinski definition) is 2. The number of sulfonamides is 1. The van der Waals surface area contributed by atoms with Crippen LogP contribution in [0.15, 0.2) is 23.1 Å². The van der Waals surface area contributed by atoms with Gasteiger partial charge in [0.15, 0.2) is 17.3 Å². The Kier molecular flexibility index (Phi) is 2.80. The third-order valence-electron chi connectivity index (χ3n) is 2.46. The Bertz CT molecular complexity index is 685. The van der Waals surface area contributed by atoms with Crippen molar-refractivity contribution in [2.45, 2.75) is 11.4 Å². The molecule has 0 saturated heterocycles. The Labute approximate surface area is 108 Å². The van der Waals surface area contributed by atoms with Crippen LogP contribution in [0.1, 0.15) is 5.82 Å². The van der Waals surface area contributed by atoms with Gasteiger partial charge in [-0.05, 0) is 12.1 Å². The summed E-state index contributed by atoms with van der Waals surface area (Å²) in [6.45, 7) is 0.0440. The number of hydrogen-bond acceptors (Lipinski definition) is 7. The summed E-state index contributed by atoms with van der Waals surface area (Å²) in [6, 6.07) is 4.39. The zero-order valence-electron chi connectivity index (χ0n) is 9.53. The molecule has 100 valence electrons. The van der Waals surface area contributed by atoms with E-state index in [1.54, 1.807) is 6.07 Å². The highest BCUT2D eigenvalue weighted by molar-refractivity contribution is 7.89. The lowest BCUT2D eigenvalue weighted by Crippen LogP contribution is -2.23. The maximum atomic E-state index is 12.0. The number of ether oxygens (including phenoxy) is 2. The average Bonchev–Trinajstić information content (AvgIpc) is 3.06. The lowest BCUT2D eigenvalue weighted by atomic mass is 10.3. The van der Waals surface area contributed by atoms with E-state index in [1.807, 2.05) is 0 Å². The Morgan fingerprint density at radius 2 is 2.16 bits per heavy atom. The van der Waals surface area contributed by atoms with Gasteiger partial charge in [0.25, 0.3) is 0 Å². The van der Waals surface area contributed by atoms with Crippen LogP contribution in [-0.2, 0) is 16.6 Å². The van der Waals surface area contributed by atoms with Crippen LogP contribution in [0.25, 0.3) is 0 Å². The van der Waals surface area contributed by atoms with E-state index in [0.717, 1.165) is 0 Å². The Balaban J connectivity index is 1.80. The van der Waals surface area contributed by atoms with Crippen LogP contribution >= 0.6 is 0 Å². The molecule has 0 radical (unpaired) electrons. The number of tetrazole rings is 1. The van der Waals surface area contributed by atoms with Gasteiger partial charge < -0.3 is 9.47 Å². The van der Waals surface area contributed by atoms with Gasteiger partial charge in [0.2, 0.25) is 16.8 Å². The van der Waals surface area contributed by atoms with Crippen molar-refractivity contribution in [1.29, 1.82) is 0 Å². The first-order valence-electron chi connectivity index (χ1n) is 5.27. The first-order valence-corrected chi connectivity index (χ1v) is 6.75. The number of fused-ring (bicyclic) bond motifs is 1. The van der Waals surface area contributed by atoms with Crippen molar-refractivity contribution in [2.24, 2.45) is 0 Å². The zero-order chi connectivity index (χ0) is 13.3. The Morgan fingerprint density at radius 1 is 1.32 bits per heavy atom. The van der Waals surface area contributed by atoms with Crippen molar-refractivity contribution >= 4 is 10.0 Å². The molecule has 9 nitrogen and oxygen atoms in total. The van der Waals surface area contributed by atoms with Gasteiger partial charge in [-0.15, -0.1) is 10.2 Å². The second-order valence-corrected chi connectivity index (χ2v) is 5.43. The first kappa shape index (κ1) is 11.9. The highest BCUT2D eigenvalue weighted by atomic mass is 32.2. The standard InChI is InChI=1S/C9H9N5O4S/c15-19(16,10-4-9-11-13-14-12-9)6-1-2-7-8(3-6)18-5-17-7/h1-3,10H,4-5H2,(H,11,12,13,14). The second-order valence-electron chi connectivity index (χ2n) is 3.67. The van der Waals surface area contributed by atoms with Gasteiger partial charge in [-0.1, -0.05) is 5.21 Å². The first-order chi connectivity index (χ1) is 9.15. The molecule has 0 aliphatic carbocycles. The topological polar surface area (TPSA) is 119 Å². The molecule has 1 aromatic carbocycles. The van der Waals surface area contributed by atoms with Crippen LogP contribution in [0.3, 0.4) is 0 Å². The quantitative estimate of drug-likeness (QED) is 0.769. The number of H-pyrrole nitrogens is 1. The van der Waals surface area contributed by atoms with Crippen LogP contribution in [0, 0.1) is 0 Å². The van der Waals surface area contributed by atoms with Crippen molar-refractivity contribution < 1.29 is 17.9 Å². The van der Waals surface area contributed by atoms with E-state index in [4.69, 9.17) is 9.47 Å². The van der Waals surface area contributed by atoms with Crippen molar-refractivity contribution in [3.05, 3.63) is 24.0 Å². The van der Waals surface area contributed by atoms with Gasteiger partial charge in [-0.25, -0.2) is 13.1 Å². The fraction of sp³-hybridized carbons (Fsp3) is 0.222. The summed E-state index contributed by atoms with van der Waals surface area (Å²) in [7, 11) is -3.67. The zero-order valence-corrected chi connectivity index (χ0v) is 10.3. The molecule has 19 heavy (non-hydrogen) atoms. The van der Waals surface area contributed by atoms with Gasteiger partial charge in [0.1, 0.15) is 0 Å². The number of aromatic nitrogens is 4. The molecule has 2 aromatic rings. The number of nitrogens with one attached hydrogen (secondary N) is 2. The van der Waals surface area contributed by atoms with E-state index in [2.05, 4.69) is 25.3 Å². The minimum Gasteiger partial charge on any atom is -0.454 e. The SMILES string of the molecule is O=S(=O)(NCc1nn[nH]n1)c1ccc2c(c1)OCO2. The van der Waals surface area contributed by atoms with Gasteiger partial charge in [-0.3, -0.25) is 0 Å². The molecule has 0 atom stereocenters. The molecule has 0 unspecified atom stereocenters. The monoisotopic (exact) mass is 283 g/mol. The molecule has 0 bridgehead atoms. The van der Waals surface area contributed by atoms with Crippen LogP contribution < -0.4 is 14.2 Å². The molecule has 0 amide bonds. The van der Waals surface area contributed by atoms with Gasteiger partial charge in [-0.2, -0.15) is 5.21 Å². The molecule has 3 rings (SSSR count). The van der Waals surface area contributed by atoms with E-state index in [-0.39, 0.29) is 24.1 Å². The number of nitrogens with zero attached hydrogens (tertiary/aromatic N) is 3. The van der Waals surface area contributed by atoms with E-state index in [9.17, 15) is 8.42 Å². The predicted molar refractivity (Wildman–Crippen MR) is 60.8 cm³/mol. The maximum absolute atomic E-state index is 12.0. The third-order valence-corrected chi connectivity index (χ3v) is 3.86. The molecule has 2 N–H and O–H groups in total. The highest BCUT2D eigenvalue weighted by Crippen LogP contribution is 2.33. The lowest BCUT2D eigenvalue weighted by molar-refractivity contribution is 0.174. The smallest absolute Gasteiger partial charge is 0.241 e. The van der Waals surface area contributed by atoms with Gasteiger partial charge in [0, 0.05) is 6.07 Å². The molecule has 0 spiro atoms. The lowest BCUT2D eigenvalue weighted by Gasteiger charge is -2.05. The molecule has 2 heterocycles. The van der Waals surface area contributed by atoms with Crippen molar-refractivity contribution in [3.63, 3.8) is 0 Å². The van der Waals surface area contributed by atoms with Crippen molar-refractivity contribution in [3.8, 4) is 11.5 Å². The van der Waals surface area contributed by atoms with Gasteiger partial charge >= 0.3 is 0 Å². The molecule has 1 aliphatic rings. The van der Waals surface area contributed by atoms with Gasteiger partial charge in [0.05, 0.1) is 11.4 Å². The van der Waals surface area contributed by atoms with E-state index < -0.39 is 10.0 Å². The summed E-state index contributed by atoms with van der Waals surface area (Å²) in [5, 5.41) is 12.9. The number of benzene rings is 1. The van der Waals surface area contributed by atoms with Crippen LogP contribution in [0.4, 0.5) is 0 Å². The molecular weight excluding hydrogens is 274 g/mol. The summed E-state index contributed by atoms with van der Waals surface area (Å²) >= 11 is 0. The summed E-state index contributed by atoms with van der Waals surface area (Å²) in [6.07, 6.45) is 0. The molecule has 1 aliphatic heterocycles. The molecule has 10 heteroatoms. The van der Waals surface area contributed by atoms with Crippen molar-refractivity contribution in [1.82, 2.24) is 25.3 Å². The molecule has 1 aromatic heterocycles. The normalized spacial score (nSPS) is 13.7. The second kappa shape index (κ2) is 4.48.